The molecule has 1 aromatic rings. The second-order valence-electron chi connectivity index (χ2n) is 4.64. The summed E-state index contributed by atoms with van der Waals surface area (Å²) in [7, 11) is 0. The number of benzene rings is 1. The van der Waals surface area contributed by atoms with E-state index in [4.69, 9.17) is 0 Å². The van der Waals surface area contributed by atoms with Crippen molar-refractivity contribution in [3.8, 4) is 0 Å². The van der Waals surface area contributed by atoms with Crippen LogP contribution in [0.2, 0.25) is 0 Å². The summed E-state index contributed by atoms with van der Waals surface area (Å²) in [5.74, 6) is -3.66. The summed E-state index contributed by atoms with van der Waals surface area (Å²) >= 11 is 0. The summed E-state index contributed by atoms with van der Waals surface area (Å²) in [6, 6.07) is 1.47. The van der Waals surface area contributed by atoms with E-state index in [9.17, 15) is 23.5 Å². The number of halogens is 2. The van der Waals surface area contributed by atoms with E-state index in [1.54, 1.807) is 0 Å². The van der Waals surface area contributed by atoms with Gasteiger partial charge in [-0.1, -0.05) is 0 Å². The van der Waals surface area contributed by atoms with Crippen LogP contribution in [-0.4, -0.2) is 34.0 Å². The molecule has 1 N–H and O–H groups in total. The lowest BCUT2D eigenvalue weighted by molar-refractivity contribution is 0.0478. The summed E-state index contributed by atoms with van der Waals surface area (Å²) in [6.45, 7) is -0.330. The molecule has 1 aliphatic heterocycles. The van der Waals surface area contributed by atoms with Crippen molar-refractivity contribution in [3.63, 3.8) is 0 Å². The van der Waals surface area contributed by atoms with Crippen molar-refractivity contribution in [2.24, 2.45) is 0 Å². The van der Waals surface area contributed by atoms with Crippen molar-refractivity contribution >= 4 is 11.8 Å². The van der Waals surface area contributed by atoms with Gasteiger partial charge in [0.15, 0.2) is 11.6 Å². The number of imide groups is 1. The number of amides is 2. The average Bonchev–Trinajstić information content (AvgIpc) is 3.08. The zero-order valence-electron chi connectivity index (χ0n) is 9.24. The molecule has 1 saturated carbocycles. The Morgan fingerprint density at radius 2 is 1.56 bits per heavy atom. The fourth-order valence-corrected chi connectivity index (χ4v) is 2.26. The zero-order valence-corrected chi connectivity index (χ0v) is 9.24. The number of rotatable bonds is 2. The summed E-state index contributed by atoms with van der Waals surface area (Å²) in [5, 5.41) is 9.25. The first kappa shape index (κ1) is 11.3. The molecule has 0 saturated heterocycles. The quantitative estimate of drug-likeness (QED) is 0.802. The average molecular weight is 253 g/mol. The van der Waals surface area contributed by atoms with E-state index in [2.05, 4.69) is 0 Å². The molecule has 2 amide bonds. The number of fused-ring (bicyclic) bond motifs is 1. The van der Waals surface area contributed by atoms with Crippen LogP contribution in [-0.2, 0) is 0 Å². The van der Waals surface area contributed by atoms with E-state index in [0.717, 1.165) is 17.0 Å². The van der Waals surface area contributed by atoms with Crippen molar-refractivity contribution in [2.45, 2.75) is 18.4 Å². The van der Waals surface area contributed by atoms with E-state index < -0.39 is 29.0 Å². The van der Waals surface area contributed by atoms with Crippen LogP contribution < -0.4 is 0 Å². The van der Waals surface area contributed by atoms with Gasteiger partial charge < -0.3 is 5.11 Å². The molecular weight excluding hydrogens is 244 g/mol. The zero-order chi connectivity index (χ0) is 13.1. The molecule has 0 spiro atoms. The monoisotopic (exact) mass is 253 g/mol. The van der Waals surface area contributed by atoms with Crippen molar-refractivity contribution in [2.75, 3.05) is 6.61 Å². The van der Waals surface area contributed by atoms with Gasteiger partial charge in [-0.25, -0.2) is 8.78 Å². The lowest BCUT2D eigenvalue weighted by Crippen LogP contribution is -2.44. The SMILES string of the molecule is O=C1c2cc(F)c(F)cc2C(=O)N1C1(CO)CC1. The van der Waals surface area contributed by atoms with Crippen molar-refractivity contribution in [1.29, 1.82) is 0 Å². The Balaban J connectivity index is 2.11. The highest BCUT2D eigenvalue weighted by atomic mass is 19.2. The topological polar surface area (TPSA) is 57.6 Å². The van der Waals surface area contributed by atoms with Gasteiger partial charge in [0.05, 0.1) is 23.3 Å². The lowest BCUT2D eigenvalue weighted by atomic mass is 10.1. The van der Waals surface area contributed by atoms with E-state index in [0.29, 0.717) is 12.8 Å². The highest BCUT2D eigenvalue weighted by Crippen LogP contribution is 2.45. The number of nitrogens with zero attached hydrogens (tertiary/aromatic N) is 1. The van der Waals surface area contributed by atoms with E-state index >= 15 is 0 Å². The number of aliphatic hydroxyl groups is 1. The van der Waals surface area contributed by atoms with Gasteiger partial charge in [0, 0.05) is 0 Å². The molecule has 3 rings (SSSR count). The van der Waals surface area contributed by atoms with Crippen LogP contribution in [0.5, 0.6) is 0 Å². The van der Waals surface area contributed by atoms with E-state index in [-0.39, 0.29) is 17.7 Å². The predicted octanol–water partition coefficient (Wildman–Crippen LogP) is 1.09. The van der Waals surface area contributed by atoms with Crippen molar-refractivity contribution < 1.29 is 23.5 Å². The minimum absolute atomic E-state index is 0.140. The second kappa shape index (κ2) is 3.35. The molecule has 6 heteroatoms. The summed E-state index contributed by atoms with van der Waals surface area (Å²) in [4.78, 5) is 25.0. The number of carbonyl (C=O) groups excluding carboxylic acids is 2. The largest absolute Gasteiger partial charge is 0.394 e. The van der Waals surface area contributed by atoms with Gasteiger partial charge in [-0.2, -0.15) is 0 Å². The minimum atomic E-state index is -1.16. The Kier molecular flexibility index (Phi) is 2.10. The van der Waals surface area contributed by atoms with Gasteiger partial charge in [-0.3, -0.25) is 14.5 Å². The molecule has 4 nitrogen and oxygen atoms in total. The molecule has 94 valence electrons. The fraction of sp³-hybridized carbons (Fsp3) is 0.333. The van der Waals surface area contributed by atoms with Crippen molar-refractivity contribution in [1.82, 2.24) is 4.90 Å². The molecule has 1 fully saturated rings. The molecule has 0 radical (unpaired) electrons. The predicted molar refractivity (Wildman–Crippen MR) is 55.9 cm³/mol. The van der Waals surface area contributed by atoms with Gasteiger partial charge in [0.25, 0.3) is 11.8 Å². The Morgan fingerprint density at radius 1 is 1.11 bits per heavy atom. The molecule has 2 aliphatic rings. The maximum absolute atomic E-state index is 13.1. The number of aliphatic hydroxyl groups excluding tert-OH is 1. The molecule has 1 heterocycles. The van der Waals surface area contributed by atoms with Gasteiger partial charge >= 0.3 is 0 Å². The van der Waals surface area contributed by atoms with Crippen molar-refractivity contribution in [3.05, 3.63) is 34.9 Å². The third-order valence-corrected chi connectivity index (χ3v) is 3.52. The first-order valence-electron chi connectivity index (χ1n) is 5.49. The van der Waals surface area contributed by atoms with Crippen LogP contribution in [0.1, 0.15) is 33.6 Å². The highest BCUT2D eigenvalue weighted by Gasteiger charge is 2.56. The van der Waals surface area contributed by atoms with Gasteiger partial charge in [-0.05, 0) is 25.0 Å². The first-order valence-corrected chi connectivity index (χ1v) is 5.49. The maximum Gasteiger partial charge on any atom is 0.262 e. The van der Waals surface area contributed by atoms with Gasteiger partial charge in [0.2, 0.25) is 0 Å². The van der Waals surface area contributed by atoms with Crippen LogP contribution >= 0.6 is 0 Å². The maximum atomic E-state index is 13.1. The Labute approximate surface area is 101 Å². The molecule has 0 unspecified atom stereocenters. The highest BCUT2D eigenvalue weighted by molar-refractivity contribution is 6.22. The van der Waals surface area contributed by atoms with Crippen LogP contribution in [0.3, 0.4) is 0 Å². The molecule has 0 bridgehead atoms. The molecule has 1 aromatic carbocycles. The van der Waals surface area contributed by atoms with Crippen LogP contribution in [0, 0.1) is 11.6 Å². The first-order chi connectivity index (χ1) is 8.50. The minimum Gasteiger partial charge on any atom is -0.394 e. The molecule has 0 atom stereocenters. The molecule has 1 aliphatic carbocycles. The summed E-state index contributed by atoms with van der Waals surface area (Å²) in [5.41, 5.74) is -1.16. The Bertz CT molecular complexity index is 540. The number of hydrogen-bond acceptors (Lipinski definition) is 3. The summed E-state index contributed by atoms with van der Waals surface area (Å²) < 4.78 is 26.2. The van der Waals surface area contributed by atoms with Crippen LogP contribution in [0.15, 0.2) is 12.1 Å². The van der Waals surface area contributed by atoms with Crippen LogP contribution in [0.25, 0.3) is 0 Å². The van der Waals surface area contributed by atoms with E-state index in [1.807, 2.05) is 0 Å². The van der Waals surface area contributed by atoms with Crippen LogP contribution in [0.4, 0.5) is 8.78 Å². The van der Waals surface area contributed by atoms with E-state index in [1.165, 1.54) is 0 Å². The Hall–Kier alpha value is -1.82. The lowest BCUT2D eigenvalue weighted by Gasteiger charge is -2.23. The Morgan fingerprint density at radius 3 is 1.89 bits per heavy atom. The normalized spacial score (nSPS) is 20.3. The third kappa shape index (κ3) is 1.26. The van der Waals surface area contributed by atoms with Gasteiger partial charge in [-0.15, -0.1) is 0 Å². The summed E-state index contributed by atoms with van der Waals surface area (Å²) in [6.07, 6.45) is 1.03. The number of hydrogen-bond donors (Lipinski definition) is 1. The fourth-order valence-electron chi connectivity index (χ4n) is 2.26. The standard InChI is InChI=1S/C12H9F2NO3/c13-8-3-6-7(4-9(8)14)11(18)15(10(6)17)12(5-16)1-2-12/h3-4,16H,1-2,5H2. The number of carbonyl (C=O) groups is 2. The third-order valence-electron chi connectivity index (χ3n) is 3.52. The van der Waals surface area contributed by atoms with Gasteiger partial charge in [0.1, 0.15) is 0 Å². The second-order valence-corrected chi connectivity index (χ2v) is 4.64. The molecular formula is C12H9F2NO3. The molecule has 18 heavy (non-hydrogen) atoms. The smallest absolute Gasteiger partial charge is 0.262 e. The molecule has 0 aromatic heterocycles.